The van der Waals surface area contributed by atoms with Crippen molar-refractivity contribution in [2.45, 2.75) is 37.5 Å². The molecule has 0 heterocycles. The van der Waals surface area contributed by atoms with Crippen molar-refractivity contribution in [1.29, 1.82) is 0 Å². The number of hydrogen-bond acceptors (Lipinski definition) is 2. The zero-order valence-electron chi connectivity index (χ0n) is 9.92. The van der Waals surface area contributed by atoms with Crippen molar-refractivity contribution in [3.63, 3.8) is 0 Å². The van der Waals surface area contributed by atoms with Crippen LogP contribution in [0, 0.1) is 0 Å². The van der Waals surface area contributed by atoms with E-state index in [0.29, 0.717) is 0 Å². The van der Waals surface area contributed by atoms with E-state index >= 15 is 0 Å². The average Bonchev–Trinajstić information content (AvgIpc) is 2.19. The standard InChI is InChI=1S/C13H21NS/c1-4-15-12-7-5-11(6-8-12)13(2,3)9-10-14/h5-8H,4,9-10,14H2,1-3H3. The van der Waals surface area contributed by atoms with Crippen LogP contribution in [0.3, 0.4) is 0 Å². The van der Waals surface area contributed by atoms with Gasteiger partial charge in [0.1, 0.15) is 0 Å². The van der Waals surface area contributed by atoms with Gasteiger partial charge in [-0.15, -0.1) is 11.8 Å². The van der Waals surface area contributed by atoms with Gasteiger partial charge in [0.25, 0.3) is 0 Å². The van der Waals surface area contributed by atoms with E-state index in [1.165, 1.54) is 10.5 Å². The molecular formula is C13H21NS. The van der Waals surface area contributed by atoms with Gasteiger partial charge < -0.3 is 5.73 Å². The molecule has 0 aromatic heterocycles. The highest BCUT2D eigenvalue weighted by atomic mass is 32.2. The van der Waals surface area contributed by atoms with E-state index < -0.39 is 0 Å². The first-order chi connectivity index (χ1) is 7.10. The lowest BCUT2D eigenvalue weighted by molar-refractivity contribution is 0.487. The van der Waals surface area contributed by atoms with Gasteiger partial charge in [0.05, 0.1) is 0 Å². The van der Waals surface area contributed by atoms with Gasteiger partial charge in [-0.05, 0) is 41.8 Å². The van der Waals surface area contributed by atoms with Gasteiger partial charge in [-0.3, -0.25) is 0 Å². The predicted molar refractivity (Wildman–Crippen MR) is 69.5 cm³/mol. The second kappa shape index (κ2) is 5.57. The average molecular weight is 223 g/mol. The number of rotatable bonds is 5. The molecule has 2 heteroatoms. The van der Waals surface area contributed by atoms with Crippen molar-refractivity contribution < 1.29 is 0 Å². The van der Waals surface area contributed by atoms with Gasteiger partial charge in [-0.1, -0.05) is 32.9 Å². The Morgan fingerprint density at radius 1 is 1.20 bits per heavy atom. The van der Waals surface area contributed by atoms with Crippen LogP contribution in [0.5, 0.6) is 0 Å². The molecule has 0 unspecified atom stereocenters. The number of benzene rings is 1. The molecule has 0 aliphatic carbocycles. The highest BCUT2D eigenvalue weighted by Gasteiger charge is 2.18. The normalized spacial score (nSPS) is 11.7. The van der Waals surface area contributed by atoms with Crippen LogP contribution in [0.15, 0.2) is 29.2 Å². The number of nitrogens with two attached hydrogens (primary N) is 1. The van der Waals surface area contributed by atoms with Crippen LogP contribution in [-0.4, -0.2) is 12.3 Å². The molecule has 1 nitrogen and oxygen atoms in total. The number of thioether (sulfide) groups is 1. The summed E-state index contributed by atoms with van der Waals surface area (Å²) < 4.78 is 0. The molecule has 1 aromatic rings. The SMILES string of the molecule is CCSc1ccc(C(C)(C)CCN)cc1. The highest BCUT2D eigenvalue weighted by Crippen LogP contribution is 2.28. The molecule has 0 saturated carbocycles. The summed E-state index contributed by atoms with van der Waals surface area (Å²) in [6.07, 6.45) is 1.03. The monoisotopic (exact) mass is 223 g/mol. The lowest BCUT2D eigenvalue weighted by Crippen LogP contribution is -2.21. The molecule has 84 valence electrons. The fourth-order valence-corrected chi connectivity index (χ4v) is 2.34. The van der Waals surface area contributed by atoms with Crippen molar-refractivity contribution >= 4 is 11.8 Å². The van der Waals surface area contributed by atoms with Crippen LogP contribution in [-0.2, 0) is 5.41 Å². The minimum atomic E-state index is 0.199. The largest absolute Gasteiger partial charge is 0.330 e. The molecule has 0 aliphatic heterocycles. The maximum atomic E-state index is 5.63. The third-order valence-corrected chi connectivity index (χ3v) is 3.61. The van der Waals surface area contributed by atoms with Crippen LogP contribution in [0.4, 0.5) is 0 Å². The van der Waals surface area contributed by atoms with E-state index in [0.717, 1.165) is 18.7 Å². The first-order valence-corrected chi connectivity index (χ1v) is 6.52. The zero-order chi connectivity index (χ0) is 11.3. The molecule has 0 radical (unpaired) electrons. The Hall–Kier alpha value is -0.470. The molecule has 0 atom stereocenters. The molecule has 0 saturated heterocycles. The van der Waals surface area contributed by atoms with E-state index in [1.54, 1.807) is 0 Å². The van der Waals surface area contributed by atoms with Gasteiger partial charge in [-0.25, -0.2) is 0 Å². The smallest absolute Gasteiger partial charge is 0.00720 e. The van der Waals surface area contributed by atoms with Crippen molar-refractivity contribution in [2.75, 3.05) is 12.3 Å². The zero-order valence-corrected chi connectivity index (χ0v) is 10.7. The summed E-state index contributed by atoms with van der Waals surface area (Å²) in [6, 6.07) is 8.88. The Labute approximate surface area is 97.4 Å². The fourth-order valence-electron chi connectivity index (χ4n) is 1.67. The number of hydrogen-bond donors (Lipinski definition) is 1. The first kappa shape index (κ1) is 12.6. The minimum Gasteiger partial charge on any atom is -0.330 e. The topological polar surface area (TPSA) is 26.0 Å². The van der Waals surface area contributed by atoms with Crippen LogP contribution in [0.2, 0.25) is 0 Å². The van der Waals surface area contributed by atoms with Gasteiger partial charge in [0.15, 0.2) is 0 Å². The predicted octanol–water partition coefficient (Wildman–Crippen LogP) is 3.43. The van der Waals surface area contributed by atoms with Crippen LogP contribution in [0.1, 0.15) is 32.8 Å². The first-order valence-electron chi connectivity index (χ1n) is 5.53. The van der Waals surface area contributed by atoms with E-state index in [1.807, 2.05) is 11.8 Å². The maximum Gasteiger partial charge on any atom is 0.00720 e. The Bertz CT molecular complexity index is 290. The molecule has 0 fully saturated rings. The molecule has 2 N–H and O–H groups in total. The summed E-state index contributed by atoms with van der Waals surface area (Å²) in [5, 5.41) is 0. The Morgan fingerprint density at radius 2 is 1.80 bits per heavy atom. The van der Waals surface area contributed by atoms with E-state index in [2.05, 4.69) is 45.0 Å². The summed E-state index contributed by atoms with van der Waals surface area (Å²) >= 11 is 1.88. The molecule has 0 bridgehead atoms. The Balaban J connectivity index is 2.78. The quantitative estimate of drug-likeness (QED) is 0.774. The third kappa shape index (κ3) is 3.54. The van der Waals surface area contributed by atoms with Crippen molar-refractivity contribution in [3.05, 3.63) is 29.8 Å². The van der Waals surface area contributed by atoms with Crippen LogP contribution < -0.4 is 5.73 Å². The lowest BCUT2D eigenvalue weighted by Gasteiger charge is -2.24. The van der Waals surface area contributed by atoms with Gasteiger partial charge in [-0.2, -0.15) is 0 Å². The Morgan fingerprint density at radius 3 is 2.27 bits per heavy atom. The van der Waals surface area contributed by atoms with Crippen LogP contribution >= 0.6 is 11.8 Å². The second-order valence-electron chi connectivity index (χ2n) is 4.38. The molecule has 15 heavy (non-hydrogen) atoms. The molecular weight excluding hydrogens is 202 g/mol. The maximum absolute atomic E-state index is 5.63. The van der Waals surface area contributed by atoms with Gasteiger partial charge >= 0.3 is 0 Å². The summed E-state index contributed by atoms with van der Waals surface area (Å²) in [5.41, 5.74) is 7.21. The van der Waals surface area contributed by atoms with Gasteiger partial charge in [0.2, 0.25) is 0 Å². The summed E-state index contributed by atoms with van der Waals surface area (Å²) in [5.74, 6) is 1.13. The van der Waals surface area contributed by atoms with E-state index in [4.69, 9.17) is 5.73 Å². The van der Waals surface area contributed by atoms with Crippen molar-refractivity contribution in [2.24, 2.45) is 5.73 Å². The molecule has 0 aliphatic rings. The van der Waals surface area contributed by atoms with Crippen molar-refractivity contribution in [1.82, 2.24) is 0 Å². The van der Waals surface area contributed by atoms with Gasteiger partial charge in [0, 0.05) is 4.90 Å². The van der Waals surface area contributed by atoms with Crippen molar-refractivity contribution in [3.8, 4) is 0 Å². The molecule has 0 amide bonds. The summed E-state index contributed by atoms with van der Waals surface area (Å²) in [6.45, 7) is 7.43. The summed E-state index contributed by atoms with van der Waals surface area (Å²) in [7, 11) is 0. The molecule has 1 rings (SSSR count). The minimum absolute atomic E-state index is 0.199. The lowest BCUT2D eigenvalue weighted by atomic mass is 9.82. The van der Waals surface area contributed by atoms with E-state index in [-0.39, 0.29) is 5.41 Å². The van der Waals surface area contributed by atoms with Crippen LogP contribution in [0.25, 0.3) is 0 Å². The Kier molecular flexibility index (Phi) is 4.68. The highest BCUT2D eigenvalue weighted by molar-refractivity contribution is 7.99. The third-order valence-electron chi connectivity index (χ3n) is 2.72. The molecule has 1 aromatic carbocycles. The second-order valence-corrected chi connectivity index (χ2v) is 5.72. The van der Waals surface area contributed by atoms with E-state index in [9.17, 15) is 0 Å². The summed E-state index contributed by atoms with van der Waals surface area (Å²) in [4.78, 5) is 1.35. The molecule has 0 spiro atoms. The fraction of sp³-hybridized carbons (Fsp3) is 0.538.